The third-order valence-electron chi connectivity index (χ3n) is 4.80. The molecule has 1 heterocycles. The average Bonchev–Trinajstić information content (AvgIpc) is 3.21. The lowest BCUT2D eigenvalue weighted by Gasteiger charge is -2.39. The molecule has 2 aliphatic rings. The van der Waals surface area contributed by atoms with Gasteiger partial charge in [-0.3, -0.25) is 4.79 Å². The molecule has 22 heavy (non-hydrogen) atoms. The van der Waals surface area contributed by atoms with E-state index in [1.54, 1.807) is 12.1 Å². The van der Waals surface area contributed by atoms with Gasteiger partial charge in [0.25, 0.3) is 0 Å². The van der Waals surface area contributed by atoms with Crippen LogP contribution in [-0.2, 0) is 4.79 Å². The van der Waals surface area contributed by atoms with Gasteiger partial charge >= 0.3 is 0 Å². The van der Waals surface area contributed by atoms with Crippen molar-refractivity contribution < 1.29 is 9.18 Å². The van der Waals surface area contributed by atoms with E-state index in [1.807, 2.05) is 4.90 Å². The summed E-state index contributed by atoms with van der Waals surface area (Å²) in [4.78, 5) is 14.6. The molecule has 0 aromatic heterocycles. The summed E-state index contributed by atoms with van der Waals surface area (Å²) in [5.41, 5.74) is 0.508. The maximum absolute atomic E-state index is 13.9. The predicted molar refractivity (Wildman–Crippen MR) is 88.1 cm³/mol. The highest BCUT2D eigenvalue weighted by Crippen LogP contribution is 2.51. The van der Waals surface area contributed by atoms with Gasteiger partial charge in [-0.2, -0.15) is 0 Å². The number of halogens is 3. The molecule has 1 N–H and O–H groups in total. The van der Waals surface area contributed by atoms with Crippen molar-refractivity contribution >= 4 is 29.9 Å². The van der Waals surface area contributed by atoms with Crippen molar-refractivity contribution in [2.24, 2.45) is 5.92 Å². The Balaban J connectivity index is 0.00000176. The molecule has 1 aromatic rings. The Morgan fingerprint density at radius 3 is 2.82 bits per heavy atom. The molecule has 1 aromatic carbocycles. The van der Waals surface area contributed by atoms with Crippen molar-refractivity contribution in [1.29, 1.82) is 0 Å². The summed E-state index contributed by atoms with van der Waals surface area (Å²) in [7, 11) is 0. The summed E-state index contributed by atoms with van der Waals surface area (Å²) < 4.78 is 13.9. The number of carbonyl (C=O) groups is 1. The predicted octanol–water partition coefficient (Wildman–Crippen LogP) is 3.21. The Bertz CT molecular complexity index is 549. The van der Waals surface area contributed by atoms with Crippen LogP contribution in [0.3, 0.4) is 0 Å². The van der Waals surface area contributed by atoms with E-state index in [0.717, 1.165) is 13.1 Å². The Hall–Kier alpha value is -0.840. The summed E-state index contributed by atoms with van der Waals surface area (Å²) in [6.45, 7) is 5.68. The first-order valence-electron chi connectivity index (χ1n) is 7.48. The average molecular weight is 347 g/mol. The van der Waals surface area contributed by atoms with Crippen LogP contribution in [0.25, 0.3) is 0 Å². The fourth-order valence-electron chi connectivity index (χ4n) is 3.23. The van der Waals surface area contributed by atoms with E-state index in [9.17, 15) is 9.18 Å². The molecular weight excluding hydrogens is 326 g/mol. The zero-order valence-corrected chi connectivity index (χ0v) is 14.3. The number of hydrogen-bond donors (Lipinski definition) is 1. The second kappa shape index (κ2) is 6.73. The SMILES string of the molecule is CC1NCCN(C(=O)C2CC2c2c(F)cccc2Cl)C1C.Cl. The topological polar surface area (TPSA) is 32.3 Å². The van der Waals surface area contributed by atoms with Crippen molar-refractivity contribution in [2.45, 2.75) is 38.3 Å². The molecule has 2 fully saturated rings. The van der Waals surface area contributed by atoms with E-state index in [-0.39, 0.29) is 48.1 Å². The molecule has 1 aliphatic heterocycles. The second-order valence-corrected chi connectivity index (χ2v) is 6.51. The molecule has 0 spiro atoms. The van der Waals surface area contributed by atoms with Crippen molar-refractivity contribution in [2.75, 3.05) is 13.1 Å². The Labute approximate surface area is 141 Å². The minimum absolute atomic E-state index is 0. The smallest absolute Gasteiger partial charge is 0.226 e. The largest absolute Gasteiger partial charge is 0.337 e. The van der Waals surface area contributed by atoms with Crippen LogP contribution in [0.4, 0.5) is 4.39 Å². The molecule has 6 heteroatoms. The van der Waals surface area contributed by atoms with E-state index in [4.69, 9.17) is 11.6 Å². The van der Waals surface area contributed by atoms with Crippen molar-refractivity contribution in [3.8, 4) is 0 Å². The number of amides is 1. The van der Waals surface area contributed by atoms with Crippen LogP contribution in [0.2, 0.25) is 5.02 Å². The normalized spacial score (nSPS) is 30.6. The Morgan fingerprint density at radius 1 is 1.41 bits per heavy atom. The molecule has 0 bridgehead atoms. The standard InChI is InChI=1S/C16H20ClFN2O.ClH/c1-9-10(2)20(7-6-19-9)16(21)12-8-11(12)15-13(17)4-3-5-14(15)18;/h3-5,9-12,19H,6-8H2,1-2H3;1H. The van der Waals surface area contributed by atoms with E-state index < -0.39 is 0 Å². The number of hydrogen-bond acceptors (Lipinski definition) is 2. The summed E-state index contributed by atoms with van der Waals surface area (Å²) in [5.74, 6) is -0.347. The summed E-state index contributed by atoms with van der Waals surface area (Å²) in [5, 5.41) is 3.79. The van der Waals surface area contributed by atoms with E-state index in [2.05, 4.69) is 19.2 Å². The van der Waals surface area contributed by atoms with Gasteiger partial charge in [0.1, 0.15) is 5.82 Å². The van der Waals surface area contributed by atoms with Crippen LogP contribution in [0.15, 0.2) is 18.2 Å². The molecular formula is C16H21Cl2FN2O. The summed E-state index contributed by atoms with van der Waals surface area (Å²) in [6.07, 6.45) is 0.699. The van der Waals surface area contributed by atoms with Gasteiger partial charge in [0.2, 0.25) is 5.91 Å². The van der Waals surface area contributed by atoms with Gasteiger partial charge in [-0.25, -0.2) is 4.39 Å². The number of rotatable bonds is 2. The minimum atomic E-state index is -0.301. The maximum atomic E-state index is 13.9. The molecule has 0 radical (unpaired) electrons. The highest BCUT2D eigenvalue weighted by Gasteiger charge is 2.49. The molecule has 1 saturated carbocycles. The molecule has 1 saturated heterocycles. The van der Waals surface area contributed by atoms with Crippen LogP contribution in [-0.4, -0.2) is 36.0 Å². The van der Waals surface area contributed by atoms with Gasteiger partial charge in [-0.1, -0.05) is 17.7 Å². The maximum Gasteiger partial charge on any atom is 0.226 e. The quantitative estimate of drug-likeness (QED) is 0.891. The first-order chi connectivity index (χ1) is 10.0. The number of carbonyl (C=O) groups excluding carboxylic acids is 1. The number of nitrogens with one attached hydrogen (secondary N) is 1. The van der Waals surface area contributed by atoms with Crippen LogP contribution in [0.5, 0.6) is 0 Å². The Morgan fingerprint density at radius 2 is 2.14 bits per heavy atom. The van der Waals surface area contributed by atoms with Gasteiger partial charge in [0.05, 0.1) is 0 Å². The van der Waals surface area contributed by atoms with E-state index >= 15 is 0 Å². The fraction of sp³-hybridized carbons (Fsp3) is 0.562. The lowest BCUT2D eigenvalue weighted by Crippen LogP contribution is -2.57. The molecule has 1 aliphatic carbocycles. The molecule has 4 unspecified atom stereocenters. The summed E-state index contributed by atoms with van der Waals surface area (Å²) >= 11 is 6.10. The zero-order valence-electron chi connectivity index (χ0n) is 12.7. The molecule has 4 atom stereocenters. The number of benzene rings is 1. The van der Waals surface area contributed by atoms with Crippen molar-refractivity contribution in [1.82, 2.24) is 10.2 Å². The first kappa shape index (κ1) is 17.5. The first-order valence-corrected chi connectivity index (χ1v) is 7.86. The molecule has 122 valence electrons. The third kappa shape index (κ3) is 3.10. The molecule has 3 rings (SSSR count). The zero-order chi connectivity index (χ0) is 15.1. The lowest BCUT2D eigenvalue weighted by molar-refractivity contribution is -0.136. The van der Waals surface area contributed by atoms with Crippen LogP contribution >= 0.6 is 24.0 Å². The van der Waals surface area contributed by atoms with Crippen LogP contribution < -0.4 is 5.32 Å². The van der Waals surface area contributed by atoms with Gasteiger partial charge in [0.15, 0.2) is 0 Å². The third-order valence-corrected chi connectivity index (χ3v) is 5.13. The summed E-state index contributed by atoms with van der Waals surface area (Å²) in [6, 6.07) is 5.16. The van der Waals surface area contributed by atoms with Crippen LogP contribution in [0, 0.1) is 11.7 Å². The number of piperazine rings is 1. The van der Waals surface area contributed by atoms with Crippen molar-refractivity contribution in [3.05, 3.63) is 34.6 Å². The second-order valence-electron chi connectivity index (χ2n) is 6.10. The van der Waals surface area contributed by atoms with E-state index in [1.165, 1.54) is 6.07 Å². The van der Waals surface area contributed by atoms with Gasteiger partial charge in [-0.15, -0.1) is 12.4 Å². The van der Waals surface area contributed by atoms with Gasteiger partial charge in [0, 0.05) is 47.6 Å². The molecule has 1 amide bonds. The van der Waals surface area contributed by atoms with Gasteiger partial charge < -0.3 is 10.2 Å². The highest BCUT2D eigenvalue weighted by atomic mass is 35.5. The van der Waals surface area contributed by atoms with Crippen molar-refractivity contribution in [3.63, 3.8) is 0 Å². The molecule has 3 nitrogen and oxygen atoms in total. The fourth-order valence-corrected chi connectivity index (χ4v) is 3.54. The Kier molecular flexibility index (Phi) is 5.36. The monoisotopic (exact) mass is 346 g/mol. The minimum Gasteiger partial charge on any atom is -0.337 e. The van der Waals surface area contributed by atoms with Gasteiger partial charge in [-0.05, 0) is 32.4 Å². The van der Waals surface area contributed by atoms with Crippen LogP contribution in [0.1, 0.15) is 31.7 Å². The van der Waals surface area contributed by atoms with E-state index in [0.29, 0.717) is 17.0 Å². The number of nitrogens with zero attached hydrogens (tertiary/aromatic N) is 1. The highest BCUT2D eigenvalue weighted by molar-refractivity contribution is 6.31. The lowest BCUT2D eigenvalue weighted by atomic mass is 10.0.